The summed E-state index contributed by atoms with van der Waals surface area (Å²) in [6, 6.07) is 12.5. The number of nitrogens with one attached hydrogen (secondary N) is 1. The molecular formula is C23H20ClN3O3. The Morgan fingerprint density at radius 2 is 1.83 bits per heavy atom. The summed E-state index contributed by atoms with van der Waals surface area (Å²) in [6.45, 7) is 2.64. The number of nitrogens with zero attached hydrogens (tertiary/aromatic N) is 2. The van der Waals surface area contributed by atoms with Crippen LogP contribution in [0.3, 0.4) is 0 Å². The molecule has 0 unspecified atom stereocenters. The second-order valence-electron chi connectivity index (χ2n) is 8.66. The molecule has 0 radical (unpaired) electrons. The summed E-state index contributed by atoms with van der Waals surface area (Å²) in [7, 11) is 0. The molecule has 0 aliphatic carbocycles. The van der Waals surface area contributed by atoms with E-state index in [0.29, 0.717) is 28.5 Å². The number of anilines is 2. The SMILES string of the molecule is Cc1ccc(N2C(=O)[C@@H]3[C@@H]4CCCN4[C@@]4(C(=O)Nc5ccc(Cl)cc54)[C@H]3C2=O)cc1. The monoisotopic (exact) mass is 421 g/mol. The van der Waals surface area contributed by atoms with Gasteiger partial charge >= 0.3 is 0 Å². The van der Waals surface area contributed by atoms with E-state index in [0.717, 1.165) is 18.4 Å². The van der Waals surface area contributed by atoms with E-state index in [1.165, 1.54) is 4.90 Å². The Labute approximate surface area is 178 Å². The Morgan fingerprint density at radius 3 is 2.60 bits per heavy atom. The number of benzene rings is 2. The van der Waals surface area contributed by atoms with Gasteiger partial charge < -0.3 is 5.32 Å². The van der Waals surface area contributed by atoms with E-state index >= 15 is 0 Å². The Kier molecular flexibility index (Phi) is 3.58. The van der Waals surface area contributed by atoms with E-state index in [2.05, 4.69) is 10.2 Å². The number of imide groups is 1. The molecule has 0 saturated carbocycles. The van der Waals surface area contributed by atoms with Gasteiger partial charge in [0.05, 0.1) is 17.5 Å². The number of aryl methyl sites for hydroxylation is 1. The largest absolute Gasteiger partial charge is 0.324 e. The predicted molar refractivity (Wildman–Crippen MR) is 112 cm³/mol. The van der Waals surface area contributed by atoms with Gasteiger partial charge in [-0.2, -0.15) is 0 Å². The summed E-state index contributed by atoms with van der Waals surface area (Å²) in [5.41, 5.74) is 1.82. The van der Waals surface area contributed by atoms with E-state index in [1.54, 1.807) is 30.3 Å². The Morgan fingerprint density at radius 1 is 1.07 bits per heavy atom. The molecule has 0 aromatic heterocycles. The van der Waals surface area contributed by atoms with Gasteiger partial charge in [-0.25, -0.2) is 4.90 Å². The van der Waals surface area contributed by atoms with Gasteiger partial charge in [0, 0.05) is 22.3 Å². The molecule has 152 valence electrons. The van der Waals surface area contributed by atoms with Crippen molar-refractivity contribution in [3.63, 3.8) is 0 Å². The van der Waals surface area contributed by atoms with Crippen LogP contribution in [0.1, 0.15) is 24.0 Å². The minimum atomic E-state index is -1.18. The molecule has 0 bridgehead atoms. The van der Waals surface area contributed by atoms with Gasteiger partial charge in [-0.3, -0.25) is 19.3 Å². The summed E-state index contributed by atoms with van der Waals surface area (Å²) in [4.78, 5) is 44.3. The minimum absolute atomic E-state index is 0.127. The lowest BCUT2D eigenvalue weighted by molar-refractivity contribution is -0.135. The second kappa shape index (κ2) is 5.93. The fourth-order valence-corrected chi connectivity index (χ4v) is 6.30. The summed E-state index contributed by atoms with van der Waals surface area (Å²) in [5, 5.41) is 3.47. The van der Waals surface area contributed by atoms with Crippen LogP contribution in [0.2, 0.25) is 5.02 Å². The lowest BCUT2D eigenvalue weighted by atomic mass is 9.75. The van der Waals surface area contributed by atoms with Crippen LogP contribution in [0.4, 0.5) is 11.4 Å². The number of hydrogen-bond acceptors (Lipinski definition) is 4. The molecule has 4 aliphatic heterocycles. The molecule has 4 heterocycles. The maximum atomic E-state index is 13.8. The van der Waals surface area contributed by atoms with Gasteiger partial charge in [0.15, 0.2) is 0 Å². The highest BCUT2D eigenvalue weighted by atomic mass is 35.5. The third-order valence-corrected chi connectivity index (χ3v) is 7.48. The number of rotatable bonds is 1. The van der Waals surface area contributed by atoms with Crippen LogP contribution in [0, 0.1) is 18.8 Å². The standard InChI is InChI=1S/C23H20ClN3O3/c1-12-4-7-14(8-5-12)27-20(28)18-17-3-2-10-26(17)23(19(18)21(27)29)15-11-13(24)6-9-16(15)25-22(23)30/h4-9,11,17-19H,2-3,10H2,1H3,(H,25,30)/t17-,18+,19+,23+/m0/s1. The van der Waals surface area contributed by atoms with Crippen LogP contribution in [0.25, 0.3) is 0 Å². The van der Waals surface area contributed by atoms with Crippen molar-refractivity contribution >= 4 is 40.7 Å². The highest BCUT2D eigenvalue weighted by Gasteiger charge is 2.74. The number of halogens is 1. The summed E-state index contributed by atoms with van der Waals surface area (Å²) in [5.74, 6) is -2.02. The Balaban J connectivity index is 1.56. The Hall–Kier alpha value is -2.70. The number of amides is 3. The average molecular weight is 422 g/mol. The molecule has 7 heteroatoms. The first kappa shape index (κ1) is 18.1. The van der Waals surface area contributed by atoms with Crippen molar-refractivity contribution in [2.75, 3.05) is 16.8 Å². The lowest BCUT2D eigenvalue weighted by Crippen LogP contribution is -2.54. The molecule has 1 N–H and O–H groups in total. The first-order valence-electron chi connectivity index (χ1n) is 10.3. The van der Waals surface area contributed by atoms with E-state index < -0.39 is 17.4 Å². The fourth-order valence-electron chi connectivity index (χ4n) is 6.12. The molecule has 4 aliphatic rings. The van der Waals surface area contributed by atoms with E-state index in [-0.39, 0.29) is 23.8 Å². The molecule has 2 aromatic carbocycles. The van der Waals surface area contributed by atoms with Gasteiger partial charge in [0.1, 0.15) is 5.54 Å². The zero-order valence-electron chi connectivity index (χ0n) is 16.4. The second-order valence-corrected chi connectivity index (χ2v) is 9.10. The van der Waals surface area contributed by atoms with Gasteiger partial charge in [-0.15, -0.1) is 0 Å². The minimum Gasteiger partial charge on any atom is -0.324 e. The van der Waals surface area contributed by atoms with Gasteiger partial charge in [0.2, 0.25) is 17.7 Å². The Bertz CT molecular complexity index is 1130. The van der Waals surface area contributed by atoms with Crippen LogP contribution in [-0.2, 0) is 19.9 Å². The topological polar surface area (TPSA) is 69.7 Å². The highest BCUT2D eigenvalue weighted by molar-refractivity contribution is 6.31. The van der Waals surface area contributed by atoms with Crippen molar-refractivity contribution in [1.82, 2.24) is 4.90 Å². The number of hydrogen-bond donors (Lipinski definition) is 1. The van der Waals surface area contributed by atoms with Gasteiger partial charge in [0.25, 0.3) is 0 Å². The highest BCUT2D eigenvalue weighted by Crippen LogP contribution is 2.60. The van der Waals surface area contributed by atoms with E-state index in [9.17, 15) is 14.4 Å². The first-order valence-corrected chi connectivity index (χ1v) is 10.6. The van der Waals surface area contributed by atoms with E-state index in [4.69, 9.17) is 11.6 Å². The van der Waals surface area contributed by atoms with Crippen molar-refractivity contribution in [2.24, 2.45) is 11.8 Å². The number of carbonyl (C=O) groups is 3. The average Bonchev–Trinajstić information content (AvgIpc) is 3.42. The van der Waals surface area contributed by atoms with Crippen molar-refractivity contribution in [3.05, 3.63) is 58.6 Å². The zero-order chi connectivity index (χ0) is 20.8. The normalized spacial score (nSPS) is 32.0. The quantitative estimate of drug-likeness (QED) is 0.718. The summed E-state index contributed by atoms with van der Waals surface area (Å²) >= 11 is 6.30. The molecule has 30 heavy (non-hydrogen) atoms. The van der Waals surface area contributed by atoms with Crippen LogP contribution in [0.15, 0.2) is 42.5 Å². The molecule has 3 amide bonds. The molecule has 2 aromatic rings. The van der Waals surface area contributed by atoms with Crippen molar-refractivity contribution in [2.45, 2.75) is 31.3 Å². The van der Waals surface area contributed by atoms with Crippen molar-refractivity contribution in [3.8, 4) is 0 Å². The molecule has 6 nitrogen and oxygen atoms in total. The first-order chi connectivity index (χ1) is 14.4. The van der Waals surface area contributed by atoms with Crippen LogP contribution < -0.4 is 10.2 Å². The summed E-state index contributed by atoms with van der Waals surface area (Å²) < 4.78 is 0. The third kappa shape index (κ3) is 2.01. The zero-order valence-corrected chi connectivity index (χ0v) is 17.1. The van der Waals surface area contributed by atoms with Crippen molar-refractivity contribution < 1.29 is 14.4 Å². The molecule has 3 saturated heterocycles. The molecule has 4 atom stereocenters. The molecular weight excluding hydrogens is 402 g/mol. The maximum Gasteiger partial charge on any atom is 0.250 e. The summed E-state index contributed by atoms with van der Waals surface area (Å²) in [6.07, 6.45) is 1.69. The maximum absolute atomic E-state index is 13.8. The van der Waals surface area contributed by atoms with Crippen molar-refractivity contribution in [1.29, 1.82) is 0 Å². The predicted octanol–water partition coefficient (Wildman–Crippen LogP) is 3.08. The van der Waals surface area contributed by atoms with Crippen LogP contribution >= 0.6 is 11.6 Å². The lowest BCUT2D eigenvalue weighted by Gasteiger charge is -2.36. The smallest absolute Gasteiger partial charge is 0.250 e. The molecule has 3 fully saturated rings. The molecule has 6 rings (SSSR count). The third-order valence-electron chi connectivity index (χ3n) is 7.25. The van der Waals surface area contributed by atoms with E-state index in [1.807, 2.05) is 19.1 Å². The molecule has 1 spiro atoms. The van der Waals surface area contributed by atoms with Gasteiger partial charge in [-0.1, -0.05) is 29.3 Å². The number of carbonyl (C=O) groups excluding carboxylic acids is 3. The van der Waals surface area contributed by atoms with Crippen LogP contribution in [0.5, 0.6) is 0 Å². The van der Waals surface area contributed by atoms with Gasteiger partial charge in [-0.05, 0) is 56.6 Å². The number of fused-ring (bicyclic) bond motifs is 7. The van der Waals surface area contributed by atoms with Crippen LogP contribution in [-0.4, -0.2) is 35.2 Å². The fraction of sp³-hybridized carbons (Fsp3) is 0.348.